The Balaban J connectivity index is 2.34. The lowest BCUT2D eigenvalue weighted by molar-refractivity contribution is -0.149. The molecule has 0 aliphatic heterocycles. The Morgan fingerprint density at radius 1 is 1.12 bits per heavy atom. The molecule has 0 unspecified atom stereocenters. The number of carbonyl (C=O) groups is 2. The van der Waals surface area contributed by atoms with E-state index in [1.807, 2.05) is 0 Å². The van der Waals surface area contributed by atoms with Crippen molar-refractivity contribution >= 4 is 11.9 Å². The van der Waals surface area contributed by atoms with E-state index in [0.717, 1.165) is 0 Å². The number of amides is 1. The van der Waals surface area contributed by atoms with Crippen molar-refractivity contribution in [1.29, 1.82) is 0 Å². The second-order valence-corrected chi connectivity index (χ2v) is 3.09. The van der Waals surface area contributed by atoms with Crippen LogP contribution in [-0.4, -0.2) is 32.2 Å². The lowest BCUT2D eigenvalue weighted by atomic mass is 10.3. The third-order valence-electron chi connectivity index (χ3n) is 1.79. The lowest BCUT2D eigenvalue weighted by Crippen LogP contribution is -2.23. The summed E-state index contributed by atoms with van der Waals surface area (Å²) < 4.78 is 14.6. The highest BCUT2D eigenvalue weighted by molar-refractivity contribution is 5.79. The average Bonchev–Trinajstić information content (AvgIpc) is 2.34. The fraction of sp³-hybridized carbons (Fsp3) is 0.273. The van der Waals surface area contributed by atoms with Crippen molar-refractivity contribution in [2.24, 2.45) is 5.73 Å². The second-order valence-electron chi connectivity index (χ2n) is 3.09. The number of benzene rings is 1. The highest BCUT2D eigenvalue weighted by Crippen LogP contribution is 2.16. The van der Waals surface area contributed by atoms with E-state index >= 15 is 0 Å². The van der Waals surface area contributed by atoms with Crippen LogP contribution in [0.15, 0.2) is 24.3 Å². The van der Waals surface area contributed by atoms with Gasteiger partial charge in [-0.3, -0.25) is 4.79 Å². The molecule has 0 aliphatic rings. The molecule has 1 rings (SSSR count). The Hall–Kier alpha value is -2.24. The number of carbonyl (C=O) groups excluding carboxylic acids is 2. The molecule has 17 heavy (non-hydrogen) atoms. The van der Waals surface area contributed by atoms with Crippen LogP contribution < -0.4 is 15.2 Å². The van der Waals surface area contributed by atoms with Crippen LogP contribution >= 0.6 is 0 Å². The fourth-order valence-corrected chi connectivity index (χ4v) is 1.01. The van der Waals surface area contributed by atoms with Gasteiger partial charge in [-0.2, -0.15) is 0 Å². The van der Waals surface area contributed by atoms with Gasteiger partial charge in [-0.15, -0.1) is 0 Å². The topological polar surface area (TPSA) is 87.8 Å². The van der Waals surface area contributed by atoms with Crippen LogP contribution in [0.4, 0.5) is 0 Å². The normalized spacial score (nSPS) is 9.47. The smallest absolute Gasteiger partial charge is 0.344 e. The van der Waals surface area contributed by atoms with E-state index in [1.54, 1.807) is 31.4 Å². The summed E-state index contributed by atoms with van der Waals surface area (Å²) in [6.07, 6.45) is 0. The van der Waals surface area contributed by atoms with Crippen LogP contribution in [0, 0.1) is 0 Å². The van der Waals surface area contributed by atoms with Gasteiger partial charge in [-0.1, -0.05) is 0 Å². The van der Waals surface area contributed by atoms with Crippen LogP contribution in [0.1, 0.15) is 0 Å². The summed E-state index contributed by atoms with van der Waals surface area (Å²) >= 11 is 0. The van der Waals surface area contributed by atoms with Crippen molar-refractivity contribution in [3.8, 4) is 11.5 Å². The number of hydrogen-bond donors (Lipinski definition) is 1. The Labute approximate surface area is 98.3 Å². The summed E-state index contributed by atoms with van der Waals surface area (Å²) in [5, 5.41) is 0. The molecule has 0 saturated heterocycles. The quantitative estimate of drug-likeness (QED) is 0.711. The Morgan fingerprint density at radius 3 is 2.24 bits per heavy atom. The lowest BCUT2D eigenvalue weighted by Gasteiger charge is -2.06. The number of esters is 1. The zero-order valence-electron chi connectivity index (χ0n) is 9.34. The van der Waals surface area contributed by atoms with Gasteiger partial charge in [0.15, 0.2) is 13.2 Å². The molecule has 1 amide bonds. The zero-order valence-corrected chi connectivity index (χ0v) is 9.34. The average molecular weight is 239 g/mol. The third-order valence-corrected chi connectivity index (χ3v) is 1.79. The molecule has 0 bridgehead atoms. The molecule has 0 spiro atoms. The third kappa shape index (κ3) is 4.87. The van der Waals surface area contributed by atoms with Gasteiger partial charge >= 0.3 is 5.97 Å². The minimum atomic E-state index is -0.706. The predicted octanol–water partition coefficient (Wildman–Crippen LogP) is 0.102. The molecule has 0 fully saturated rings. The number of rotatable bonds is 6. The van der Waals surface area contributed by atoms with Gasteiger partial charge < -0.3 is 19.9 Å². The Kier molecular flexibility index (Phi) is 4.80. The summed E-state index contributed by atoms with van der Waals surface area (Å²) in [5.41, 5.74) is 4.81. The van der Waals surface area contributed by atoms with Crippen LogP contribution in [0.5, 0.6) is 11.5 Å². The Morgan fingerprint density at radius 2 is 1.71 bits per heavy atom. The molecule has 0 atom stereocenters. The molecular weight excluding hydrogens is 226 g/mol. The molecule has 92 valence electrons. The monoisotopic (exact) mass is 239 g/mol. The van der Waals surface area contributed by atoms with Crippen molar-refractivity contribution in [3.05, 3.63) is 24.3 Å². The predicted molar refractivity (Wildman–Crippen MR) is 58.6 cm³/mol. The minimum absolute atomic E-state index is 0.278. The van der Waals surface area contributed by atoms with E-state index < -0.39 is 18.5 Å². The van der Waals surface area contributed by atoms with Gasteiger partial charge in [0.25, 0.3) is 5.91 Å². The van der Waals surface area contributed by atoms with Gasteiger partial charge in [0.2, 0.25) is 0 Å². The molecule has 0 radical (unpaired) electrons. The van der Waals surface area contributed by atoms with Crippen LogP contribution in [0.25, 0.3) is 0 Å². The first-order chi connectivity index (χ1) is 8.11. The van der Waals surface area contributed by atoms with Gasteiger partial charge in [0.1, 0.15) is 11.5 Å². The van der Waals surface area contributed by atoms with Gasteiger partial charge in [0.05, 0.1) is 7.11 Å². The van der Waals surface area contributed by atoms with Crippen molar-refractivity contribution in [2.45, 2.75) is 0 Å². The first-order valence-electron chi connectivity index (χ1n) is 4.82. The van der Waals surface area contributed by atoms with Crippen molar-refractivity contribution < 1.29 is 23.8 Å². The Bertz CT molecular complexity index is 387. The number of ether oxygens (including phenoxy) is 3. The summed E-state index contributed by atoms with van der Waals surface area (Å²) in [5.74, 6) is -0.169. The van der Waals surface area contributed by atoms with Gasteiger partial charge in [0, 0.05) is 0 Å². The van der Waals surface area contributed by atoms with Crippen molar-refractivity contribution in [3.63, 3.8) is 0 Å². The van der Waals surface area contributed by atoms with Gasteiger partial charge in [-0.05, 0) is 24.3 Å². The van der Waals surface area contributed by atoms with E-state index in [0.29, 0.717) is 11.5 Å². The standard InChI is InChI=1S/C11H13NO5/c1-15-8-2-4-9(5-3-8)16-7-11(14)17-6-10(12)13/h2-5H,6-7H2,1H3,(H2,12,13). The van der Waals surface area contributed by atoms with Gasteiger partial charge in [-0.25, -0.2) is 4.79 Å². The van der Waals surface area contributed by atoms with E-state index in [2.05, 4.69) is 4.74 Å². The maximum Gasteiger partial charge on any atom is 0.344 e. The summed E-state index contributed by atoms with van der Waals surface area (Å²) in [4.78, 5) is 21.4. The first-order valence-corrected chi connectivity index (χ1v) is 4.82. The first kappa shape index (κ1) is 12.8. The van der Waals surface area contributed by atoms with E-state index in [-0.39, 0.29) is 6.61 Å². The van der Waals surface area contributed by atoms with E-state index in [9.17, 15) is 9.59 Å². The van der Waals surface area contributed by atoms with Crippen molar-refractivity contribution in [1.82, 2.24) is 0 Å². The molecule has 1 aromatic carbocycles. The molecule has 1 aromatic rings. The molecular formula is C11H13NO5. The fourth-order valence-electron chi connectivity index (χ4n) is 1.01. The summed E-state index contributed by atoms with van der Waals surface area (Å²) in [7, 11) is 1.55. The molecule has 2 N–H and O–H groups in total. The largest absolute Gasteiger partial charge is 0.497 e. The second kappa shape index (κ2) is 6.37. The summed E-state index contributed by atoms with van der Waals surface area (Å²) in [6.45, 7) is -0.718. The summed E-state index contributed by atoms with van der Waals surface area (Å²) in [6, 6.07) is 6.70. The highest BCUT2D eigenvalue weighted by atomic mass is 16.6. The van der Waals surface area contributed by atoms with Crippen LogP contribution in [0.3, 0.4) is 0 Å². The van der Waals surface area contributed by atoms with E-state index in [1.165, 1.54) is 0 Å². The van der Waals surface area contributed by atoms with Crippen molar-refractivity contribution in [2.75, 3.05) is 20.3 Å². The van der Waals surface area contributed by atoms with Crippen LogP contribution in [-0.2, 0) is 14.3 Å². The molecule has 6 heteroatoms. The highest BCUT2D eigenvalue weighted by Gasteiger charge is 2.06. The number of methoxy groups -OCH3 is 1. The molecule has 0 aromatic heterocycles. The maximum absolute atomic E-state index is 11.1. The van der Waals surface area contributed by atoms with E-state index in [4.69, 9.17) is 15.2 Å². The number of hydrogen-bond acceptors (Lipinski definition) is 5. The number of primary amides is 1. The molecule has 0 heterocycles. The SMILES string of the molecule is COc1ccc(OCC(=O)OCC(N)=O)cc1. The molecule has 0 aliphatic carbocycles. The molecule has 0 saturated carbocycles. The zero-order chi connectivity index (χ0) is 12.7. The minimum Gasteiger partial charge on any atom is -0.497 e. The van der Waals surface area contributed by atoms with Crippen LogP contribution in [0.2, 0.25) is 0 Å². The maximum atomic E-state index is 11.1. The number of nitrogens with two attached hydrogens (primary N) is 1. The molecule has 6 nitrogen and oxygen atoms in total.